The van der Waals surface area contributed by atoms with Crippen molar-refractivity contribution < 1.29 is 9.53 Å². The van der Waals surface area contributed by atoms with Gasteiger partial charge in [-0.2, -0.15) is 0 Å². The zero-order valence-corrected chi connectivity index (χ0v) is 13.1. The van der Waals surface area contributed by atoms with E-state index in [9.17, 15) is 4.79 Å². The van der Waals surface area contributed by atoms with Crippen molar-refractivity contribution in [3.63, 3.8) is 0 Å². The van der Waals surface area contributed by atoms with Crippen LogP contribution >= 0.6 is 0 Å². The second kappa shape index (κ2) is 7.56. The van der Waals surface area contributed by atoms with Crippen molar-refractivity contribution in [2.24, 2.45) is 0 Å². The second-order valence-electron chi connectivity index (χ2n) is 6.67. The van der Waals surface area contributed by atoms with Crippen molar-refractivity contribution in [3.05, 3.63) is 0 Å². The van der Waals surface area contributed by atoms with Crippen LogP contribution in [0.3, 0.4) is 0 Å². The SMILES string of the molecule is O=C(CNCC1CN2CCCC2CO1)N1CCCCCC1. The third kappa shape index (κ3) is 4.18. The fourth-order valence-electron chi connectivity index (χ4n) is 3.78. The molecule has 0 aliphatic carbocycles. The molecule has 3 heterocycles. The number of carbonyl (C=O) groups excluding carboxylic acids is 1. The van der Waals surface area contributed by atoms with Gasteiger partial charge in [-0.1, -0.05) is 12.8 Å². The number of carbonyl (C=O) groups is 1. The first-order chi connectivity index (χ1) is 10.3. The monoisotopic (exact) mass is 295 g/mol. The van der Waals surface area contributed by atoms with Gasteiger partial charge in [0.15, 0.2) is 0 Å². The molecule has 3 saturated heterocycles. The third-order valence-electron chi connectivity index (χ3n) is 5.07. The van der Waals surface area contributed by atoms with Gasteiger partial charge in [0.05, 0.1) is 19.3 Å². The molecule has 0 aromatic heterocycles. The Balaban J connectivity index is 1.34. The molecule has 21 heavy (non-hydrogen) atoms. The van der Waals surface area contributed by atoms with Crippen LogP contribution in [0, 0.1) is 0 Å². The summed E-state index contributed by atoms with van der Waals surface area (Å²) in [5.74, 6) is 0.256. The summed E-state index contributed by atoms with van der Waals surface area (Å²) in [4.78, 5) is 16.8. The van der Waals surface area contributed by atoms with Gasteiger partial charge in [0, 0.05) is 32.2 Å². The minimum atomic E-state index is 0.247. The van der Waals surface area contributed by atoms with Gasteiger partial charge in [-0.15, -0.1) is 0 Å². The molecule has 1 N–H and O–H groups in total. The Morgan fingerprint density at radius 1 is 1.10 bits per heavy atom. The molecule has 3 aliphatic heterocycles. The van der Waals surface area contributed by atoms with E-state index in [-0.39, 0.29) is 12.0 Å². The van der Waals surface area contributed by atoms with E-state index in [0.29, 0.717) is 12.6 Å². The Hall–Kier alpha value is -0.650. The number of fused-ring (bicyclic) bond motifs is 1. The van der Waals surface area contributed by atoms with Crippen LogP contribution in [0.5, 0.6) is 0 Å². The first-order valence-corrected chi connectivity index (χ1v) is 8.67. The first-order valence-electron chi connectivity index (χ1n) is 8.67. The predicted octanol–water partition coefficient (Wildman–Crippen LogP) is 0.842. The summed E-state index contributed by atoms with van der Waals surface area (Å²) < 4.78 is 5.91. The molecule has 1 amide bonds. The standard InChI is InChI=1S/C16H29N3O2/c20-16(18-7-3-1-2-4-8-18)11-17-10-15-12-19-9-5-6-14(19)13-21-15/h14-15,17H,1-13H2. The Labute approximate surface area is 128 Å². The van der Waals surface area contributed by atoms with Crippen molar-refractivity contribution >= 4 is 5.91 Å². The predicted molar refractivity (Wildman–Crippen MR) is 82.3 cm³/mol. The topological polar surface area (TPSA) is 44.8 Å². The Morgan fingerprint density at radius 3 is 2.71 bits per heavy atom. The molecule has 0 saturated carbocycles. The quantitative estimate of drug-likeness (QED) is 0.835. The molecule has 3 aliphatic rings. The average Bonchev–Trinajstić information content (AvgIpc) is 2.79. The molecule has 2 unspecified atom stereocenters. The van der Waals surface area contributed by atoms with E-state index in [4.69, 9.17) is 4.74 Å². The van der Waals surface area contributed by atoms with Crippen LogP contribution in [0.15, 0.2) is 0 Å². The van der Waals surface area contributed by atoms with Crippen LogP contribution in [-0.2, 0) is 9.53 Å². The van der Waals surface area contributed by atoms with Crippen LogP contribution in [0.4, 0.5) is 0 Å². The normalized spacial score (nSPS) is 31.0. The smallest absolute Gasteiger partial charge is 0.236 e. The number of amides is 1. The molecule has 3 fully saturated rings. The fourth-order valence-corrected chi connectivity index (χ4v) is 3.78. The molecule has 0 aromatic rings. The average molecular weight is 295 g/mol. The second-order valence-corrected chi connectivity index (χ2v) is 6.67. The van der Waals surface area contributed by atoms with Gasteiger partial charge in [-0.3, -0.25) is 9.69 Å². The molecule has 0 bridgehead atoms. The molecular formula is C16H29N3O2. The highest BCUT2D eigenvalue weighted by atomic mass is 16.5. The molecule has 3 rings (SSSR count). The van der Waals surface area contributed by atoms with Gasteiger partial charge in [0.25, 0.3) is 0 Å². The number of likely N-dealkylation sites (tertiary alicyclic amines) is 1. The molecule has 5 nitrogen and oxygen atoms in total. The van der Waals surface area contributed by atoms with Crippen LogP contribution in [0.1, 0.15) is 38.5 Å². The highest BCUT2D eigenvalue weighted by Crippen LogP contribution is 2.22. The number of nitrogens with zero attached hydrogens (tertiary/aromatic N) is 2. The fraction of sp³-hybridized carbons (Fsp3) is 0.938. The van der Waals surface area contributed by atoms with E-state index >= 15 is 0 Å². The van der Waals surface area contributed by atoms with E-state index in [1.54, 1.807) is 0 Å². The lowest BCUT2D eigenvalue weighted by Gasteiger charge is -2.35. The third-order valence-corrected chi connectivity index (χ3v) is 5.07. The van der Waals surface area contributed by atoms with E-state index < -0.39 is 0 Å². The maximum atomic E-state index is 12.2. The Morgan fingerprint density at radius 2 is 1.90 bits per heavy atom. The highest BCUT2D eigenvalue weighted by Gasteiger charge is 2.31. The summed E-state index contributed by atoms with van der Waals surface area (Å²) in [7, 11) is 0. The first kappa shape index (κ1) is 15.3. The van der Waals surface area contributed by atoms with Crippen molar-refractivity contribution in [2.75, 3.05) is 45.9 Å². The molecule has 120 valence electrons. The van der Waals surface area contributed by atoms with Gasteiger partial charge < -0.3 is 15.0 Å². The van der Waals surface area contributed by atoms with Crippen LogP contribution in [0.25, 0.3) is 0 Å². The van der Waals surface area contributed by atoms with Gasteiger partial charge in [0.2, 0.25) is 5.91 Å². The number of hydrogen-bond donors (Lipinski definition) is 1. The molecule has 0 aromatic carbocycles. The van der Waals surface area contributed by atoms with E-state index in [0.717, 1.165) is 45.6 Å². The lowest BCUT2D eigenvalue weighted by Crippen LogP contribution is -2.50. The number of nitrogens with one attached hydrogen (secondary N) is 1. The zero-order valence-electron chi connectivity index (χ0n) is 13.1. The maximum Gasteiger partial charge on any atom is 0.236 e. The van der Waals surface area contributed by atoms with Crippen LogP contribution < -0.4 is 5.32 Å². The van der Waals surface area contributed by atoms with E-state index in [1.807, 2.05) is 4.90 Å². The summed E-state index contributed by atoms with van der Waals surface area (Å²) in [6, 6.07) is 0.653. The van der Waals surface area contributed by atoms with Crippen LogP contribution in [0.2, 0.25) is 0 Å². The zero-order chi connectivity index (χ0) is 14.5. The van der Waals surface area contributed by atoms with Gasteiger partial charge in [-0.25, -0.2) is 0 Å². The summed E-state index contributed by atoms with van der Waals surface area (Å²) in [5, 5.41) is 3.31. The summed E-state index contributed by atoms with van der Waals surface area (Å²) in [6.45, 7) is 6.25. The van der Waals surface area contributed by atoms with Gasteiger partial charge in [-0.05, 0) is 32.2 Å². The molecular weight excluding hydrogens is 266 g/mol. The van der Waals surface area contributed by atoms with Crippen molar-refractivity contribution in [2.45, 2.75) is 50.7 Å². The minimum Gasteiger partial charge on any atom is -0.374 e. The van der Waals surface area contributed by atoms with Crippen molar-refractivity contribution in [1.29, 1.82) is 0 Å². The number of rotatable bonds is 4. The highest BCUT2D eigenvalue weighted by molar-refractivity contribution is 5.78. The maximum absolute atomic E-state index is 12.2. The van der Waals surface area contributed by atoms with Crippen LogP contribution in [-0.4, -0.2) is 73.7 Å². The van der Waals surface area contributed by atoms with E-state index in [2.05, 4.69) is 10.2 Å². The molecule has 0 spiro atoms. The lowest BCUT2D eigenvalue weighted by atomic mass is 10.2. The summed E-state index contributed by atoms with van der Waals surface area (Å²) in [6.07, 6.45) is 7.70. The summed E-state index contributed by atoms with van der Waals surface area (Å²) >= 11 is 0. The molecule has 0 radical (unpaired) electrons. The lowest BCUT2D eigenvalue weighted by molar-refractivity contribution is -0.130. The molecule has 2 atom stereocenters. The van der Waals surface area contributed by atoms with Gasteiger partial charge >= 0.3 is 0 Å². The largest absolute Gasteiger partial charge is 0.374 e. The Kier molecular flexibility index (Phi) is 5.49. The number of ether oxygens (including phenoxy) is 1. The Bertz CT molecular complexity index is 342. The van der Waals surface area contributed by atoms with Gasteiger partial charge in [0.1, 0.15) is 0 Å². The molecule has 5 heteroatoms. The number of morpholine rings is 1. The summed E-state index contributed by atoms with van der Waals surface area (Å²) in [5.41, 5.74) is 0. The van der Waals surface area contributed by atoms with Crippen molar-refractivity contribution in [3.8, 4) is 0 Å². The number of hydrogen-bond acceptors (Lipinski definition) is 4. The minimum absolute atomic E-state index is 0.247. The van der Waals surface area contributed by atoms with E-state index in [1.165, 1.54) is 32.2 Å². The van der Waals surface area contributed by atoms with Crippen molar-refractivity contribution in [1.82, 2.24) is 15.1 Å².